The van der Waals surface area contributed by atoms with Crippen molar-refractivity contribution in [3.8, 4) is 0 Å². The average molecular weight is 165 g/mol. The Hall–Kier alpha value is -1.58. The molecule has 0 saturated carbocycles. The van der Waals surface area contributed by atoms with Gasteiger partial charge in [-0.05, 0) is 0 Å². The summed E-state index contributed by atoms with van der Waals surface area (Å²) in [7, 11) is 0. The quantitative estimate of drug-likeness (QED) is 0.646. The van der Waals surface area contributed by atoms with Gasteiger partial charge in [0.05, 0.1) is 6.20 Å². The topological polar surface area (TPSA) is 64.9 Å². The van der Waals surface area contributed by atoms with E-state index < -0.39 is 0 Å². The lowest BCUT2D eigenvalue weighted by Crippen LogP contribution is -1.75. The fourth-order valence-electron chi connectivity index (χ4n) is 0.805. The smallest absolute Gasteiger partial charge is 0.193 e. The van der Waals surface area contributed by atoms with Crippen molar-refractivity contribution >= 4 is 17.0 Å². The van der Waals surface area contributed by atoms with Crippen molar-refractivity contribution in [3.63, 3.8) is 0 Å². The van der Waals surface area contributed by atoms with Crippen LogP contribution in [-0.4, -0.2) is 9.97 Å². The number of anilines is 1. The Kier molecular flexibility index (Phi) is 2.63. The summed E-state index contributed by atoms with van der Waals surface area (Å²) in [6, 6.07) is 1.66. The number of hydrogen-bond acceptors (Lipinski definition) is 4. The van der Waals surface area contributed by atoms with Crippen molar-refractivity contribution in [2.24, 2.45) is 0 Å². The minimum atomic E-state index is 0.371. The van der Waals surface area contributed by atoms with Crippen molar-refractivity contribution in [1.82, 2.24) is 9.97 Å². The van der Waals surface area contributed by atoms with Crippen LogP contribution in [0.25, 0.3) is 11.1 Å². The van der Waals surface area contributed by atoms with Crippen LogP contribution in [0.5, 0.6) is 0 Å². The van der Waals surface area contributed by atoms with Gasteiger partial charge in [0.15, 0.2) is 11.5 Å². The van der Waals surface area contributed by atoms with Crippen molar-refractivity contribution in [2.45, 2.75) is 13.8 Å². The van der Waals surface area contributed by atoms with Crippen LogP contribution in [0.1, 0.15) is 13.8 Å². The molecule has 0 amide bonds. The number of furan rings is 1. The van der Waals surface area contributed by atoms with E-state index in [1.807, 2.05) is 13.8 Å². The Bertz CT molecular complexity index is 323. The molecule has 0 unspecified atom stereocenters. The Morgan fingerprint density at radius 1 is 1.42 bits per heavy atom. The Morgan fingerprint density at radius 2 is 2.17 bits per heavy atom. The zero-order valence-electron chi connectivity index (χ0n) is 7.11. The molecule has 0 aliphatic rings. The van der Waals surface area contributed by atoms with Gasteiger partial charge in [0, 0.05) is 6.07 Å². The number of nitrogen functional groups attached to an aromatic ring is 1. The van der Waals surface area contributed by atoms with E-state index in [0.717, 1.165) is 5.52 Å². The van der Waals surface area contributed by atoms with Crippen molar-refractivity contribution < 1.29 is 4.42 Å². The molecule has 4 nitrogen and oxygen atoms in total. The molecular formula is C8H11N3O. The number of aromatic nitrogens is 2. The molecule has 0 saturated heterocycles. The maximum absolute atomic E-state index is 5.36. The van der Waals surface area contributed by atoms with Gasteiger partial charge in [0.1, 0.15) is 11.8 Å². The number of rotatable bonds is 0. The number of hydrogen-bond donors (Lipinski definition) is 1. The fourth-order valence-corrected chi connectivity index (χ4v) is 0.805. The Labute approximate surface area is 70.4 Å². The van der Waals surface area contributed by atoms with E-state index in [4.69, 9.17) is 10.2 Å². The lowest BCUT2D eigenvalue weighted by atomic mass is 10.5. The van der Waals surface area contributed by atoms with Gasteiger partial charge in [-0.25, -0.2) is 9.97 Å². The lowest BCUT2D eigenvalue weighted by molar-refractivity contribution is 0.635. The van der Waals surface area contributed by atoms with Crippen LogP contribution >= 0.6 is 0 Å². The van der Waals surface area contributed by atoms with E-state index >= 15 is 0 Å². The van der Waals surface area contributed by atoms with E-state index in [9.17, 15) is 0 Å². The maximum atomic E-state index is 5.36. The zero-order valence-corrected chi connectivity index (χ0v) is 7.11. The molecule has 2 aromatic heterocycles. The summed E-state index contributed by atoms with van der Waals surface area (Å²) < 4.78 is 5.02. The molecule has 2 aromatic rings. The molecule has 64 valence electrons. The summed E-state index contributed by atoms with van der Waals surface area (Å²) >= 11 is 0. The van der Waals surface area contributed by atoms with Crippen LogP contribution in [-0.2, 0) is 0 Å². The van der Waals surface area contributed by atoms with E-state index in [-0.39, 0.29) is 0 Å². The molecule has 12 heavy (non-hydrogen) atoms. The minimum absolute atomic E-state index is 0.371. The van der Waals surface area contributed by atoms with Crippen LogP contribution in [0.15, 0.2) is 23.0 Å². The highest BCUT2D eigenvalue weighted by Gasteiger charge is 1.98. The molecule has 2 N–H and O–H groups in total. The standard InChI is InChI=1S/C6H5N3O.C2H6/c7-6-1-4-5(10-6)2-8-3-9-4;1-2/h1-3H,7H2;1-2H3. The summed E-state index contributed by atoms with van der Waals surface area (Å²) in [4.78, 5) is 7.68. The summed E-state index contributed by atoms with van der Waals surface area (Å²) in [5.74, 6) is 0.371. The third-order valence-corrected chi connectivity index (χ3v) is 1.21. The molecule has 0 bridgehead atoms. The number of nitrogens with zero attached hydrogens (tertiary/aromatic N) is 2. The molecule has 2 heterocycles. The van der Waals surface area contributed by atoms with Crippen LogP contribution in [0.4, 0.5) is 5.88 Å². The molecule has 2 rings (SSSR count). The summed E-state index contributed by atoms with van der Waals surface area (Å²) in [6.07, 6.45) is 3.04. The summed E-state index contributed by atoms with van der Waals surface area (Å²) in [6.45, 7) is 4.00. The largest absolute Gasteiger partial charge is 0.438 e. The molecule has 0 aliphatic heterocycles. The first-order valence-electron chi connectivity index (χ1n) is 3.81. The van der Waals surface area contributed by atoms with Crippen LogP contribution in [0.2, 0.25) is 0 Å². The zero-order chi connectivity index (χ0) is 8.97. The van der Waals surface area contributed by atoms with Crippen LogP contribution < -0.4 is 5.73 Å². The molecule has 0 aliphatic carbocycles. The SMILES string of the molecule is CC.Nc1cc2ncncc2o1. The third-order valence-electron chi connectivity index (χ3n) is 1.21. The van der Waals surface area contributed by atoms with Gasteiger partial charge in [-0.15, -0.1) is 0 Å². The molecule has 0 spiro atoms. The predicted octanol–water partition coefficient (Wildman–Crippen LogP) is 1.83. The Morgan fingerprint density at radius 3 is 2.83 bits per heavy atom. The molecule has 4 heteroatoms. The van der Waals surface area contributed by atoms with Gasteiger partial charge < -0.3 is 10.2 Å². The molecular weight excluding hydrogens is 154 g/mol. The van der Waals surface area contributed by atoms with Crippen LogP contribution in [0, 0.1) is 0 Å². The fraction of sp³-hybridized carbons (Fsp3) is 0.250. The second-order valence-corrected chi connectivity index (χ2v) is 1.92. The normalized spacial score (nSPS) is 9.17. The van der Waals surface area contributed by atoms with Gasteiger partial charge in [-0.2, -0.15) is 0 Å². The summed E-state index contributed by atoms with van der Waals surface area (Å²) in [5.41, 5.74) is 6.72. The van der Waals surface area contributed by atoms with E-state index in [0.29, 0.717) is 11.5 Å². The monoisotopic (exact) mass is 165 g/mol. The molecule has 0 aromatic carbocycles. The van der Waals surface area contributed by atoms with Gasteiger partial charge >= 0.3 is 0 Å². The second-order valence-electron chi connectivity index (χ2n) is 1.92. The Balaban J connectivity index is 0.000000336. The van der Waals surface area contributed by atoms with Crippen molar-refractivity contribution in [1.29, 1.82) is 0 Å². The highest BCUT2D eigenvalue weighted by molar-refractivity contribution is 5.74. The second kappa shape index (κ2) is 3.71. The molecule has 0 atom stereocenters. The maximum Gasteiger partial charge on any atom is 0.193 e. The van der Waals surface area contributed by atoms with E-state index in [2.05, 4.69) is 9.97 Å². The molecule has 0 radical (unpaired) electrons. The van der Waals surface area contributed by atoms with Crippen molar-refractivity contribution in [3.05, 3.63) is 18.6 Å². The third kappa shape index (κ3) is 1.53. The first kappa shape index (κ1) is 8.52. The van der Waals surface area contributed by atoms with Gasteiger partial charge in [-0.1, -0.05) is 13.8 Å². The first-order chi connectivity index (χ1) is 5.86. The van der Waals surface area contributed by atoms with Gasteiger partial charge in [0.2, 0.25) is 0 Å². The van der Waals surface area contributed by atoms with Crippen molar-refractivity contribution in [2.75, 3.05) is 5.73 Å². The average Bonchev–Trinajstić information content (AvgIpc) is 2.48. The number of nitrogens with two attached hydrogens (primary N) is 1. The van der Waals surface area contributed by atoms with Gasteiger partial charge in [0.25, 0.3) is 0 Å². The minimum Gasteiger partial charge on any atom is -0.438 e. The highest BCUT2D eigenvalue weighted by atomic mass is 16.3. The van der Waals surface area contributed by atoms with Gasteiger partial charge in [-0.3, -0.25) is 0 Å². The predicted molar refractivity (Wildman–Crippen MR) is 47.6 cm³/mol. The first-order valence-corrected chi connectivity index (χ1v) is 3.81. The summed E-state index contributed by atoms with van der Waals surface area (Å²) in [5, 5.41) is 0. The molecule has 0 fully saturated rings. The lowest BCUT2D eigenvalue weighted by Gasteiger charge is -1.80. The van der Waals surface area contributed by atoms with E-state index in [1.54, 1.807) is 12.3 Å². The van der Waals surface area contributed by atoms with E-state index in [1.165, 1.54) is 6.33 Å². The number of fused-ring (bicyclic) bond motifs is 1. The highest BCUT2D eigenvalue weighted by Crippen LogP contribution is 2.15. The van der Waals surface area contributed by atoms with Crippen LogP contribution in [0.3, 0.4) is 0 Å².